The number of thiophene rings is 1. The fourth-order valence-electron chi connectivity index (χ4n) is 2.17. The molecule has 0 aliphatic rings. The molecule has 0 bridgehead atoms. The number of nitrogens with two attached hydrogens (primary N) is 1. The summed E-state index contributed by atoms with van der Waals surface area (Å²) >= 11 is 1.22. The standard InChI is InChI=1S/C18H24N4O2S.ClH/c1-3-18(19,4-2)12-20-16(23)14-10-11-15(25-14)22-17(24)21-13-8-6-5-7-9-13;/h5-11H,3-4,12,19H2,1-2H3,(H,20,23)(H2,21,22,24);1H. The molecule has 0 unspecified atom stereocenters. The van der Waals surface area contributed by atoms with Crippen LogP contribution in [0, 0.1) is 0 Å². The predicted molar refractivity (Wildman–Crippen MR) is 110 cm³/mol. The number of benzene rings is 1. The number of hydrogen-bond acceptors (Lipinski definition) is 4. The van der Waals surface area contributed by atoms with Crippen LogP contribution in [0.3, 0.4) is 0 Å². The Balaban J connectivity index is 0.00000338. The van der Waals surface area contributed by atoms with Crippen molar-refractivity contribution in [2.45, 2.75) is 32.2 Å². The van der Waals surface area contributed by atoms with Crippen LogP contribution in [-0.4, -0.2) is 24.0 Å². The van der Waals surface area contributed by atoms with Crippen LogP contribution in [0.5, 0.6) is 0 Å². The third kappa shape index (κ3) is 6.33. The van der Waals surface area contributed by atoms with Crippen LogP contribution in [-0.2, 0) is 0 Å². The molecule has 26 heavy (non-hydrogen) atoms. The molecule has 0 atom stereocenters. The van der Waals surface area contributed by atoms with E-state index < -0.39 is 0 Å². The molecule has 2 rings (SSSR count). The Morgan fingerprint density at radius 1 is 1.04 bits per heavy atom. The highest BCUT2D eigenvalue weighted by atomic mass is 35.5. The molecule has 0 aliphatic carbocycles. The molecule has 2 aromatic rings. The molecule has 0 saturated heterocycles. The number of rotatable bonds is 7. The first-order valence-electron chi connectivity index (χ1n) is 8.25. The minimum absolute atomic E-state index is 0. The van der Waals surface area contributed by atoms with E-state index in [0.717, 1.165) is 12.8 Å². The Kier molecular flexibility index (Phi) is 8.57. The number of para-hydroxylation sites is 1. The topological polar surface area (TPSA) is 96.2 Å². The lowest BCUT2D eigenvalue weighted by Gasteiger charge is -2.26. The Morgan fingerprint density at radius 3 is 2.31 bits per heavy atom. The van der Waals surface area contributed by atoms with E-state index in [0.29, 0.717) is 22.1 Å². The maximum Gasteiger partial charge on any atom is 0.324 e. The van der Waals surface area contributed by atoms with Gasteiger partial charge in [-0.15, -0.1) is 23.7 Å². The Hall–Kier alpha value is -2.09. The number of amides is 3. The first kappa shape index (κ1) is 22.0. The van der Waals surface area contributed by atoms with Gasteiger partial charge in [-0.1, -0.05) is 32.0 Å². The molecule has 1 aromatic carbocycles. The van der Waals surface area contributed by atoms with Crippen LogP contribution in [0.25, 0.3) is 0 Å². The summed E-state index contributed by atoms with van der Waals surface area (Å²) < 4.78 is 0. The predicted octanol–water partition coefficient (Wildman–Crippen LogP) is 4.06. The van der Waals surface area contributed by atoms with Crippen molar-refractivity contribution in [3.63, 3.8) is 0 Å². The van der Waals surface area contributed by atoms with Crippen molar-refractivity contribution in [2.24, 2.45) is 5.73 Å². The number of anilines is 2. The highest BCUT2D eigenvalue weighted by Crippen LogP contribution is 2.22. The molecular weight excluding hydrogens is 372 g/mol. The third-order valence-electron chi connectivity index (χ3n) is 4.11. The molecule has 1 aromatic heterocycles. The minimum atomic E-state index is -0.385. The van der Waals surface area contributed by atoms with E-state index in [9.17, 15) is 9.59 Å². The number of urea groups is 1. The number of carbonyl (C=O) groups is 2. The summed E-state index contributed by atoms with van der Waals surface area (Å²) in [6, 6.07) is 12.2. The normalized spacial score (nSPS) is 10.6. The van der Waals surface area contributed by atoms with E-state index in [2.05, 4.69) is 16.0 Å². The van der Waals surface area contributed by atoms with Gasteiger partial charge in [-0.2, -0.15) is 0 Å². The molecule has 0 fully saturated rings. The second-order valence-electron chi connectivity index (χ2n) is 5.86. The van der Waals surface area contributed by atoms with Crippen molar-refractivity contribution in [1.82, 2.24) is 5.32 Å². The van der Waals surface area contributed by atoms with E-state index in [-0.39, 0.29) is 29.9 Å². The zero-order valence-electron chi connectivity index (χ0n) is 14.9. The summed E-state index contributed by atoms with van der Waals surface area (Å²) in [5, 5.41) is 8.92. The van der Waals surface area contributed by atoms with Gasteiger partial charge in [0.05, 0.1) is 9.88 Å². The van der Waals surface area contributed by atoms with Crippen molar-refractivity contribution in [2.75, 3.05) is 17.2 Å². The van der Waals surface area contributed by atoms with Gasteiger partial charge < -0.3 is 16.4 Å². The van der Waals surface area contributed by atoms with Gasteiger partial charge >= 0.3 is 6.03 Å². The van der Waals surface area contributed by atoms with E-state index in [1.807, 2.05) is 32.0 Å². The zero-order chi connectivity index (χ0) is 18.3. The van der Waals surface area contributed by atoms with E-state index in [1.54, 1.807) is 24.3 Å². The highest BCUT2D eigenvalue weighted by molar-refractivity contribution is 7.18. The number of nitrogens with one attached hydrogen (secondary N) is 3. The van der Waals surface area contributed by atoms with Crippen molar-refractivity contribution >= 4 is 46.4 Å². The van der Waals surface area contributed by atoms with Crippen LogP contribution in [0.4, 0.5) is 15.5 Å². The SMILES string of the molecule is CCC(N)(CC)CNC(=O)c1ccc(NC(=O)Nc2ccccc2)s1.Cl. The number of hydrogen-bond donors (Lipinski definition) is 4. The molecule has 6 nitrogen and oxygen atoms in total. The maximum absolute atomic E-state index is 12.2. The maximum atomic E-state index is 12.2. The van der Waals surface area contributed by atoms with Gasteiger partial charge in [0.2, 0.25) is 0 Å². The van der Waals surface area contributed by atoms with Gasteiger partial charge in [0.25, 0.3) is 5.91 Å². The molecule has 0 radical (unpaired) electrons. The van der Waals surface area contributed by atoms with E-state index in [1.165, 1.54) is 11.3 Å². The second-order valence-corrected chi connectivity index (χ2v) is 6.94. The summed E-state index contributed by atoms with van der Waals surface area (Å²) in [4.78, 5) is 24.7. The van der Waals surface area contributed by atoms with Gasteiger partial charge in [-0.25, -0.2) is 4.79 Å². The Morgan fingerprint density at radius 2 is 1.69 bits per heavy atom. The fraction of sp³-hybridized carbons (Fsp3) is 0.333. The lowest BCUT2D eigenvalue weighted by Crippen LogP contribution is -2.49. The molecule has 5 N–H and O–H groups in total. The van der Waals surface area contributed by atoms with Gasteiger partial charge in [0.15, 0.2) is 0 Å². The summed E-state index contributed by atoms with van der Waals surface area (Å²) in [6.45, 7) is 4.44. The van der Waals surface area contributed by atoms with E-state index in [4.69, 9.17) is 5.73 Å². The zero-order valence-corrected chi connectivity index (χ0v) is 16.5. The van der Waals surface area contributed by atoms with Crippen LogP contribution in [0.1, 0.15) is 36.4 Å². The monoisotopic (exact) mass is 396 g/mol. The van der Waals surface area contributed by atoms with Gasteiger partial charge in [-0.3, -0.25) is 10.1 Å². The summed E-state index contributed by atoms with van der Waals surface area (Å²) in [6.07, 6.45) is 1.58. The van der Waals surface area contributed by atoms with Gasteiger partial charge in [0.1, 0.15) is 0 Å². The number of halogens is 1. The molecule has 8 heteroatoms. The number of carbonyl (C=O) groups excluding carboxylic acids is 2. The Bertz CT molecular complexity index is 717. The average molecular weight is 397 g/mol. The van der Waals surface area contributed by atoms with Crippen molar-refractivity contribution in [1.29, 1.82) is 0 Å². The largest absolute Gasteiger partial charge is 0.349 e. The van der Waals surface area contributed by atoms with Crippen LogP contribution in [0.15, 0.2) is 42.5 Å². The van der Waals surface area contributed by atoms with Crippen LogP contribution in [0.2, 0.25) is 0 Å². The third-order valence-corrected chi connectivity index (χ3v) is 5.11. The fourth-order valence-corrected chi connectivity index (χ4v) is 2.98. The van der Waals surface area contributed by atoms with E-state index >= 15 is 0 Å². The first-order chi connectivity index (χ1) is 12.0. The van der Waals surface area contributed by atoms with Crippen LogP contribution >= 0.6 is 23.7 Å². The molecule has 142 valence electrons. The second kappa shape index (κ2) is 10.2. The highest BCUT2D eigenvalue weighted by Gasteiger charge is 2.21. The van der Waals surface area contributed by atoms with Gasteiger partial charge in [0, 0.05) is 17.8 Å². The molecule has 1 heterocycles. The molecule has 0 spiro atoms. The average Bonchev–Trinajstić information content (AvgIpc) is 3.08. The van der Waals surface area contributed by atoms with Gasteiger partial charge in [-0.05, 0) is 37.1 Å². The van der Waals surface area contributed by atoms with Crippen molar-refractivity contribution < 1.29 is 9.59 Å². The summed E-state index contributed by atoms with van der Waals surface area (Å²) in [7, 11) is 0. The molecular formula is C18H25ClN4O2S. The Labute approximate surface area is 164 Å². The summed E-state index contributed by atoms with van der Waals surface area (Å²) in [5.74, 6) is -0.182. The summed E-state index contributed by atoms with van der Waals surface area (Å²) in [5.41, 5.74) is 6.51. The molecule has 0 saturated carbocycles. The lowest BCUT2D eigenvalue weighted by atomic mass is 9.94. The molecule has 3 amide bonds. The first-order valence-corrected chi connectivity index (χ1v) is 9.07. The quantitative estimate of drug-likeness (QED) is 0.568. The van der Waals surface area contributed by atoms with Crippen LogP contribution < -0.4 is 21.7 Å². The van der Waals surface area contributed by atoms with Crippen molar-refractivity contribution in [3.05, 3.63) is 47.3 Å². The van der Waals surface area contributed by atoms with Crippen molar-refractivity contribution in [3.8, 4) is 0 Å². The minimum Gasteiger partial charge on any atom is -0.349 e. The lowest BCUT2D eigenvalue weighted by molar-refractivity contribution is 0.0946. The molecule has 0 aliphatic heterocycles. The smallest absolute Gasteiger partial charge is 0.324 e.